The number of halogens is 1. The number of rotatable bonds is 4. The summed E-state index contributed by atoms with van der Waals surface area (Å²) in [4.78, 5) is 11.4. The molecule has 2 nitrogen and oxygen atoms in total. The van der Waals surface area contributed by atoms with Crippen molar-refractivity contribution in [3.63, 3.8) is 0 Å². The smallest absolute Gasteiger partial charge is 0.341 e. The van der Waals surface area contributed by atoms with Gasteiger partial charge in [-0.15, -0.1) is 0 Å². The first kappa shape index (κ1) is 10.1. The lowest BCUT2D eigenvalue weighted by molar-refractivity contribution is 0.0489. The van der Waals surface area contributed by atoms with E-state index in [1.807, 2.05) is 0 Å². The Hall–Kier alpha value is -1.38. The minimum absolute atomic E-state index is 0.0216. The quantitative estimate of drug-likeness (QED) is 0.711. The molecule has 1 saturated carbocycles. The highest BCUT2D eigenvalue weighted by Gasteiger charge is 2.21. The van der Waals surface area contributed by atoms with Crippen molar-refractivity contribution in [1.29, 1.82) is 0 Å². The Balaban J connectivity index is 1.86. The van der Waals surface area contributed by atoms with E-state index in [2.05, 4.69) is 0 Å². The summed E-state index contributed by atoms with van der Waals surface area (Å²) < 4.78 is 18.1. The minimum Gasteiger partial charge on any atom is -0.462 e. The average Bonchev–Trinajstić information content (AvgIpc) is 3.02. The van der Waals surface area contributed by atoms with Crippen molar-refractivity contribution in [2.45, 2.75) is 19.3 Å². The highest BCUT2D eigenvalue weighted by atomic mass is 19.1. The monoisotopic (exact) mass is 208 g/mol. The lowest BCUT2D eigenvalue weighted by Gasteiger charge is -2.04. The van der Waals surface area contributed by atoms with Crippen LogP contribution in [0.25, 0.3) is 0 Å². The third kappa shape index (κ3) is 2.78. The van der Waals surface area contributed by atoms with Crippen molar-refractivity contribution in [2.75, 3.05) is 6.61 Å². The first-order chi connectivity index (χ1) is 7.27. The van der Waals surface area contributed by atoms with Gasteiger partial charge < -0.3 is 4.74 Å². The van der Waals surface area contributed by atoms with Crippen molar-refractivity contribution in [3.8, 4) is 0 Å². The lowest BCUT2D eigenvalue weighted by Crippen LogP contribution is -2.08. The predicted molar refractivity (Wildman–Crippen MR) is 54.0 cm³/mol. The molecule has 0 aliphatic heterocycles. The van der Waals surface area contributed by atoms with E-state index in [1.165, 1.54) is 25.0 Å². The fourth-order valence-corrected chi connectivity index (χ4v) is 1.43. The van der Waals surface area contributed by atoms with Gasteiger partial charge in [0.05, 0.1) is 12.2 Å². The predicted octanol–water partition coefficient (Wildman–Crippen LogP) is 2.78. The minimum atomic E-state index is -0.561. The summed E-state index contributed by atoms with van der Waals surface area (Å²) in [5.41, 5.74) is 0.0216. The molecule has 0 saturated heterocycles. The van der Waals surface area contributed by atoms with E-state index in [9.17, 15) is 9.18 Å². The SMILES string of the molecule is O=C(OCCC1CC1)c1ccccc1F. The molecule has 0 unspecified atom stereocenters. The van der Waals surface area contributed by atoms with Crippen LogP contribution in [0.15, 0.2) is 24.3 Å². The fourth-order valence-electron chi connectivity index (χ4n) is 1.43. The highest BCUT2D eigenvalue weighted by Crippen LogP contribution is 2.32. The first-order valence-corrected chi connectivity index (χ1v) is 5.19. The fraction of sp³-hybridized carbons (Fsp3) is 0.417. The summed E-state index contributed by atoms with van der Waals surface area (Å²) in [6, 6.07) is 5.88. The molecule has 1 aliphatic rings. The number of benzene rings is 1. The molecule has 0 aromatic heterocycles. The van der Waals surface area contributed by atoms with Crippen LogP contribution in [0.2, 0.25) is 0 Å². The molecule has 0 N–H and O–H groups in total. The number of ether oxygens (including phenoxy) is 1. The molecule has 0 atom stereocenters. The van der Waals surface area contributed by atoms with Gasteiger partial charge in [0.25, 0.3) is 0 Å². The van der Waals surface area contributed by atoms with Gasteiger partial charge in [-0.1, -0.05) is 25.0 Å². The second-order valence-electron chi connectivity index (χ2n) is 3.85. The highest BCUT2D eigenvalue weighted by molar-refractivity contribution is 5.89. The standard InChI is InChI=1S/C12H13FO2/c13-11-4-2-1-3-10(11)12(14)15-8-7-9-5-6-9/h1-4,9H,5-8H2. The van der Waals surface area contributed by atoms with Crippen LogP contribution in [0.5, 0.6) is 0 Å². The average molecular weight is 208 g/mol. The zero-order chi connectivity index (χ0) is 10.7. The Bertz CT molecular complexity index is 358. The van der Waals surface area contributed by atoms with Crippen LogP contribution < -0.4 is 0 Å². The van der Waals surface area contributed by atoms with Gasteiger partial charge >= 0.3 is 5.97 Å². The number of esters is 1. The second kappa shape index (κ2) is 4.43. The molecule has 3 heteroatoms. The molecule has 80 valence electrons. The van der Waals surface area contributed by atoms with Gasteiger partial charge in [-0.05, 0) is 24.5 Å². The van der Waals surface area contributed by atoms with Crippen molar-refractivity contribution < 1.29 is 13.9 Å². The van der Waals surface area contributed by atoms with Crippen molar-refractivity contribution >= 4 is 5.97 Å². The maximum absolute atomic E-state index is 13.1. The van der Waals surface area contributed by atoms with E-state index in [4.69, 9.17) is 4.74 Å². The molecule has 0 spiro atoms. The summed E-state index contributed by atoms with van der Waals surface area (Å²) >= 11 is 0. The van der Waals surface area contributed by atoms with Gasteiger partial charge in [0.2, 0.25) is 0 Å². The maximum Gasteiger partial charge on any atom is 0.341 e. The van der Waals surface area contributed by atoms with Gasteiger partial charge in [0, 0.05) is 0 Å². The molecule has 15 heavy (non-hydrogen) atoms. The van der Waals surface area contributed by atoms with E-state index in [0.717, 1.165) is 12.3 Å². The maximum atomic E-state index is 13.1. The second-order valence-corrected chi connectivity index (χ2v) is 3.85. The van der Waals surface area contributed by atoms with E-state index in [-0.39, 0.29) is 5.56 Å². The topological polar surface area (TPSA) is 26.3 Å². The molecule has 0 amide bonds. The Morgan fingerprint density at radius 2 is 2.13 bits per heavy atom. The Kier molecular flexibility index (Phi) is 2.99. The van der Waals surface area contributed by atoms with Gasteiger partial charge in [0.1, 0.15) is 5.82 Å². The van der Waals surface area contributed by atoms with Crippen molar-refractivity contribution in [1.82, 2.24) is 0 Å². The largest absolute Gasteiger partial charge is 0.462 e. The van der Waals surface area contributed by atoms with Crippen molar-refractivity contribution in [3.05, 3.63) is 35.6 Å². The summed E-state index contributed by atoms with van der Waals surface area (Å²) in [5.74, 6) is -0.360. The molecule has 1 fully saturated rings. The molecule has 0 radical (unpaired) electrons. The van der Waals surface area contributed by atoms with Crippen LogP contribution in [0.1, 0.15) is 29.6 Å². The molecule has 1 aliphatic carbocycles. The molecule has 1 aromatic rings. The summed E-state index contributed by atoms with van der Waals surface area (Å²) in [6.45, 7) is 0.401. The van der Waals surface area contributed by atoms with Gasteiger partial charge in [0.15, 0.2) is 0 Å². The molecular weight excluding hydrogens is 195 g/mol. The Morgan fingerprint density at radius 1 is 1.40 bits per heavy atom. The van der Waals surface area contributed by atoms with Crippen LogP contribution in [-0.2, 0) is 4.74 Å². The van der Waals surface area contributed by atoms with E-state index >= 15 is 0 Å². The van der Waals surface area contributed by atoms with Gasteiger partial charge in [-0.2, -0.15) is 0 Å². The van der Waals surface area contributed by atoms with Crippen LogP contribution in [0, 0.1) is 11.7 Å². The first-order valence-electron chi connectivity index (χ1n) is 5.19. The van der Waals surface area contributed by atoms with Crippen LogP contribution >= 0.6 is 0 Å². The Labute approximate surface area is 88.1 Å². The van der Waals surface area contributed by atoms with Gasteiger partial charge in [-0.25, -0.2) is 9.18 Å². The molecule has 0 heterocycles. The molecule has 1 aromatic carbocycles. The molecular formula is C12H13FO2. The zero-order valence-corrected chi connectivity index (χ0v) is 8.41. The van der Waals surface area contributed by atoms with Crippen LogP contribution in [-0.4, -0.2) is 12.6 Å². The Morgan fingerprint density at radius 3 is 2.80 bits per heavy atom. The number of carbonyl (C=O) groups excluding carboxylic acids is 1. The normalized spacial score (nSPS) is 15.0. The van der Waals surface area contributed by atoms with E-state index < -0.39 is 11.8 Å². The number of hydrogen-bond donors (Lipinski definition) is 0. The summed E-state index contributed by atoms with van der Waals surface area (Å²) in [7, 11) is 0. The summed E-state index contributed by atoms with van der Waals surface area (Å²) in [6.07, 6.45) is 3.37. The van der Waals surface area contributed by atoms with Crippen molar-refractivity contribution in [2.24, 2.45) is 5.92 Å². The zero-order valence-electron chi connectivity index (χ0n) is 8.41. The summed E-state index contributed by atoms with van der Waals surface area (Å²) in [5, 5.41) is 0. The van der Waals surface area contributed by atoms with Crippen LogP contribution in [0.3, 0.4) is 0 Å². The van der Waals surface area contributed by atoms with E-state index in [0.29, 0.717) is 6.61 Å². The number of carbonyl (C=O) groups is 1. The van der Waals surface area contributed by atoms with Crippen LogP contribution in [0.4, 0.5) is 4.39 Å². The molecule has 0 bridgehead atoms. The molecule has 2 rings (SSSR count). The lowest BCUT2D eigenvalue weighted by atomic mass is 10.2. The third-order valence-corrected chi connectivity index (χ3v) is 2.55. The third-order valence-electron chi connectivity index (χ3n) is 2.55. The van der Waals surface area contributed by atoms with E-state index in [1.54, 1.807) is 12.1 Å². The number of hydrogen-bond acceptors (Lipinski definition) is 2. The van der Waals surface area contributed by atoms with Gasteiger partial charge in [-0.3, -0.25) is 0 Å².